The maximum atomic E-state index is 12.7. The molecule has 0 saturated carbocycles. The number of hydrogen-bond donors (Lipinski definition) is 1. The van der Waals surface area contributed by atoms with Crippen LogP contribution in [0.15, 0.2) is 34.0 Å². The summed E-state index contributed by atoms with van der Waals surface area (Å²) in [5.74, 6) is 0. The second kappa shape index (κ2) is 6.37. The maximum absolute atomic E-state index is 12.7. The number of rotatable bonds is 3. The number of aryl methyl sites for hydroxylation is 3. The Hall–Kier alpha value is -2.60. The molecule has 2 heterocycles. The lowest BCUT2D eigenvalue weighted by molar-refractivity contribution is 0.707. The molecule has 0 aliphatic rings. The number of halogens is 1. The van der Waals surface area contributed by atoms with E-state index >= 15 is 0 Å². The van der Waals surface area contributed by atoms with Gasteiger partial charge in [-0.3, -0.25) is 13.9 Å². The first kappa shape index (κ1) is 17.2. The quantitative estimate of drug-likeness (QED) is 0.781. The molecule has 0 aliphatic heterocycles. The monoisotopic (exact) mass is 358 g/mol. The van der Waals surface area contributed by atoms with Crippen LogP contribution in [0.25, 0.3) is 11.0 Å². The van der Waals surface area contributed by atoms with Crippen molar-refractivity contribution in [2.24, 2.45) is 14.1 Å². The average molecular weight is 359 g/mol. The van der Waals surface area contributed by atoms with E-state index in [1.165, 1.54) is 11.6 Å². The third kappa shape index (κ3) is 2.82. The Balaban J connectivity index is 2.34. The van der Waals surface area contributed by atoms with E-state index in [0.717, 1.165) is 21.4 Å². The van der Waals surface area contributed by atoms with E-state index in [4.69, 9.17) is 11.6 Å². The van der Waals surface area contributed by atoms with Crippen LogP contribution in [0, 0.1) is 6.92 Å². The van der Waals surface area contributed by atoms with E-state index in [2.05, 4.69) is 10.3 Å². The van der Waals surface area contributed by atoms with E-state index in [1.807, 2.05) is 32.0 Å². The van der Waals surface area contributed by atoms with E-state index < -0.39 is 5.69 Å². The fraction of sp³-hybridized carbons (Fsp3) is 0.278. The third-order valence-electron chi connectivity index (χ3n) is 4.37. The number of aromatic nitrogens is 3. The molecule has 2 aromatic heterocycles. The van der Waals surface area contributed by atoms with Crippen LogP contribution >= 0.6 is 11.6 Å². The summed E-state index contributed by atoms with van der Waals surface area (Å²) in [6.07, 6.45) is 2.39. The molecule has 0 unspecified atom stereocenters. The molecule has 3 aromatic rings. The molecule has 1 N–H and O–H groups in total. The minimum absolute atomic E-state index is 0.353. The molecule has 25 heavy (non-hydrogen) atoms. The van der Waals surface area contributed by atoms with Gasteiger partial charge in [0.15, 0.2) is 5.65 Å². The van der Waals surface area contributed by atoms with Gasteiger partial charge in [0.1, 0.15) is 5.39 Å². The lowest BCUT2D eigenvalue weighted by Crippen LogP contribution is -2.37. The van der Waals surface area contributed by atoms with Gasteiger partial charge in [-0.25, -0.2) is 9.78 Å². The first-order valence-electron chi connectivity index (χ1n) is 7.96. The van der Waals surface area contributed by atoms with Crippen molar-refractivity contribution in [3.8, 4) is 0 Å². The van der Waals surface area contributed by atoms with Crippen LogP contribution in [-0.4, -0.2) is 14.1 Å². The Morgan fingerprint density at radius 2 is 1.92 bits per heavy atom. The fourth-order valence-electron chi connectivity index (χ4n) is 2.79. The first-order chi connectivity index (χ1) is 11.8. The summed E-state index contributed by atoms with van der Waals surface area (Å²) in [7, 11) is 3.07. The summed E-state index contributed by atoms with van der Waals surface area (Å²) in [5, 5.41) is 4.33. The van der Waals surface area contributed by atoms with Gasteiger partial charge in [0, 0.05) is 31.0 Å². The first-order valence-corrected chi connectivity index (χ1v) is 8.33. The Kier molecular flexibility index (Phi) is 4.39. The summed E-state index contributed by atoms with van der Waals surface area (Å²) in [6.45, 7) is 3.92. The van der Waals surface area contributed by atoms with Gasteiger partial charge < -0.3 is 5.32 Å². The molecular weight excluding hydrogens is 340 g/mol. The summed E-state index contributed by atoms with van der Waals surface area (Å²) in [6, 6.07) is 5.63. The molecule has 6 nitrogen and oxygen atoms in total. The van der Waals surface area contributed by atoms with E-state index in [0.29, 0.717) is 28.2 Å². The average Bonchev–Trinajstić information content (AvgIpc) is 2.60. The van der Waals surface area contributed by atoms with E-state index in [1.54, 1.807) is 13.2 Å². The van der Waals surface area contributed by atoms with Gasteiger partial charge in [0.25, 0.3) is 5.56 Å². The van der Waals surface area contributed by atoms with Crippen molar-refractivity contribution >= 4 is 34.0 Å². The third-order valence-corrected chi connectivity index (χ3v) is 4.78. The highest BCUT2D eigenvalue weighted by molar-refractivity contribution is 6.31. The molecule has 0 atom stereocenters. The molecule has 0 radical (unpaired) electrons. The lowest BCUT2D eigenvalue weighted by Gasteiger charge is -2.16. The molecule has 3 rings (SSSR count). The normalized spacial score (nSPS) is 11.1. The SMILES string of the molecule is CCc1cnc2c(c1Nc1ccc(C)c(Cl)c1)c(=O)n(C)c(=O)n2C. The van der Waals surface area contributed by atoms with Crippen LogP contribution in [0.5, 0.6) is 0 Å². The zero-order valence-corrected chi connectivity index (χ0v) is 15.3. The topological polar surface area (TPSA) is 68.9 Å². The number of benzene rings is 1. The highest BCUT2D eigenvalue weighted by atomic mass is 35.5. The predicted molar refractivity (Wildman–Crippen MR) is 101 cm³/mol. The minimum Gasteiger partial charge on any atom is -0.354 e. The summed E-state index contributed by atoms with van der Waals surface area (Å²) < 4.78 is 2.47. The second-order valence-electron chi connectivity index (χ2n) is 6.01. The predicted octanol–water partition coefficient (Wildman–Crippen LogP) is 2.90. The number of pyridine rings is 1. The molecule has 0 bridgehead atoms. The minimum atomic E-state index is -0.404. The molecule has 0 fully saturated rings. The van der Waals surface area contributed by atoms with Crippen LogP contribution in [0.2, 0.25) is 5.02 Å². The van der Waals surface area contributed by atoms with Crippen LogP contribution in [0.4, 0.5) is 11.4 Å². The number of hydrogen-bond acceptors (Lipinski definition) is 4. The van der Waals surface area contributed by atoms with Gasteiger partial charge in [-0.1, -0.05) is 24.6 Å². The van der Waals surface area contributed by atoms with Crippen LogP contribution < -0.4 is 16.6 Å². The number of nitrogens with one attached hydrogen (secondary N) is 1. The molecule has 130 valence electrons. The Morgan fingerprint density at radius 1 is 1.20 bits per heavy atom. The van der Waals surface area contributed by atoms with Crippen molar-refractivity contribution in [3.05, 3.63) is 61.4 Å². The van der Waals surface area contributed by atoms with E-state index in [-0.39, 0.29) is 5.56 Å². The van der Waals surface area contributed by atoms with Crippen molar-refractivity contribution in [1.29, 1.82) is 0 Å². The second-order valence-corrected chi connectivity index (χ2v) is 6.41. The fourth-order valence-corrected chi connectivity index (χ4v) is 2.97. The van der Waals surface area contributed by atoms with Crippen LogP contribution in [0.3, 0.4) is 0 Å². The van der Waals surface area contributed by atoms with Crippen molar-refractivity contribution in [2.75, 3.05) is 5.32 Å². The molecule has 0 spiro atoms. The molecule has 1 aromatic carbocycles. The van der Waals surface area contributed by atoms with Gasteiger partial charge in [0.05, 0.1) is 5.69 Å². The van der Waals surface area contributed by atoms with E-state index in [9.17, 15) is 9.59 Å². The zero-order valence-electron chi connectivity index (χ0n) is 14.6. The highest BCUT2D eigenvalue weighted by Crippen LogP contribution is 2.28. The standard InChI is InChI=1S/C18H19ClN4O2/c1-5-11-9-20-16-14(17(24)23(4)18(25)22(16)3)15(11)21-12-7-6-10(2)13(19)8-12/h6-9H,5H2,1-4H3,(H,20,21). The lowest BCUT2D eigenvalue weighted by atomic mass is 10.1. The Morgan fingerprint density at radius 3 is 2.56 bits per heavy atom. The number of fused-ring (bicyclic) bond motifs is 1. The summed E-state index contributed by atoms with van der Waals surface area (Å²) in [5.41, 5.74) is 2.87. The molecule has 0 saturated heterocycles. The van der Waals surface area contributed by atoms with Crippen molar-refractivity contribution in [3.63, 3.8) is 0 Å². The van der Waals surface area contributed by atoms with Crippen LogP contribution in [-0.2, 0) is 20.5 Å². The van der Waals surface area contributed by atoms with Gasteiger partial charge in [-0.05, 0) is 36.6 Å². The largest absolute Gasteiger partial charge is 0.354 e. The zero-order chi connectivity index (χ0) is 18.3. The maximum Gasteiger partial charge on any atom is 0.332 e. The summed E-state index contributed by atoms with van der Waals surface area (Å²) >= 11 is 6.21. The van der Waals surface area contributed by atoms with Gasteiger partial charge in [0.2, 0.25) is 0 Å². The smallest absolute Gasteiger partial charge is 0.332 e. The Labute approximate surface area is 149 Å². The van der Waals surface area contributed by atoms with Crippen LogP contribution in [0.1, 0.15) is 18.1 Å². The van der Waals surface area contributed by atoms with Crippen molar-refractivity contribution in [1.82, 2.24) is 14.1 Å². The summed E-state index contributed by atoms with van der Waals surface area (Å²) in [4.78, 5) is 29.2. The van der Waals surface area contributed by atoms with Gasteiger partial charge in [-0.15, -0.1) is 0 Å². The number of nitrogens with zero attached hydrogens (tertiary/aromatic N) is 3. The Bertz CT molecular complexity index is 1100. The highest BCUT2D eigenvalue weighted by Gasteiger charge is 2.17. The molecular formula is C18H19ClN4O2. The molecule has 0 aliphatic carbocycles. The molecule has 7 heteroatoms. The molecule has 0 amide bonds. The van der Waals surface area contributed by atoms with Gasteiger partial charge in [-0.2, -0.15) is 0 Å². The van der Waals surface area contributed by atoms with Crippen molar-refractivity contribution in [2.45, 2.75) is 20.3 Å². The number of anilines is 2. The van der Waals surface area contributed by atoms with Crippen molar-refractivity contribution < 1.29 is 0 Å². The van der Waals surface area contributed by atoms with Gasteiger partial charge >= 0.3 is 5.69 Å².